The van der Waals surface area contributed by atoms with Crippen molar-refractivity contribution in [3.63, 3.8) is 0 Å². The van der Waals surface area contributed by atoms with Crippen LogP contribution in [0.3, 0.4) is 0 Å². The van der Waals surface area contributed by atoms with Gasteiger partial charge >= 0.3 is 0 Å². The maximum absolute atomic E-state index is 5.15. The number of rotatable bonds is 5. The van der Waals surface area contributed by atoms with Crippen molar-refractivity contribution < 1.29 is 4.74 Å². The molecule has 0 bridgehead atoms. The normalized spacial score (nSPS) is 25.8. The van der Waals surface area contributed by atoms with Gasteiger partial charge in [0.25, 0.3) is 0 Å². The second-order valence-electron chi connectivity index (χ2n) is 3.77. The first-order valence-corrected chi connectivity index (χ1v) is 5.32. The highest BCUT2D eigenvalue weighted by atomic mass is 16.5. The quantitative estimate of drug-likeness (QED) is 0.665. The fraction of sp³-hybridized carbons (Fsp3) is 1.00. The summed E-state index contributed by atoms with van der Waals surface area (Å²) < 4.78 is 5.15. The lowest BCUT2D eigenvalue weighted by Crippen LogP contribution is -2.48. The van der Waals surface area contributed by atoms with Gasteiger partial charge in [-0.3, -0.25) is 0 Å². The van der Waals surface area contributed by atoms with E-state index in [0.717, 1.165) is 19.6 Å². The summed E-state index contributed by atoms with van der Waals surface area (Å²) in [5.41, 5.74) is 0. The van der Waals surface area contributed by atoms with Gasteiger partial charge in [0.05, 0.1) is 6.61 Å². The van der Waals surface area contributed by atoms with Gasteiger partial charge in [0, 0.05) is 25.7 Å². The number of ether oxygens (including phenoxy) is 1. The van der Waals surface area contributed by atoms with Gasteiger partial charge in [-0.1, -0.05) is 6.92 Å². The van der Waals surface area contributed by atoms with E-state index in [1.807, 2.05) is 0 Å². The first-order chi connectivity index (χ1) is 6.36. The number of nitrogens with one attached hydrogen (secondary N) is 2. The maximum atomic E-state index is 5.15. The molecule has 0 saturated carbocycles. The number of hydrogen-bond donors (Lipinski definition) is 2. The van der Waals surface area contributed by atoms with Crippen molar-refractivity contribution in [2.24, 2.45) is 0 Å². The van der Waals surface area contributed by atoms with Crippen LogP contribution < -0.4 is 10.6 Å². The molecule has 3 nitrogen and oxygen atoms in total. The molecule has 2 atom stereocenters. The molecule has 0 aliphatic carbocycles. The molecule has 1 saturated heterocycles. The Labute approximate surface area is 81.2 Å². The van der Waals surface area contributed by atoms with E-state index in [9.17, 15) is 0 Å². The first-order valence-electron chi connectivity index (χ1n) is 5.32. The summed E-state index contributed by atoms with van der Waals surface area (Å²) >= 11 is 0. The van der Waals surface area contributed by atoms with Crippen molar-refractivity contribution in [3.8, 4) is 0 Å². The van der Waals surface area contributed by atoms with E-state index in [0.29, 0.717) is 12.1 Å². The largest absolute Gasteiger partial charge is 0.383 e. The van der Waals surface area contributed by atoms with E-state index in [-0.39, 0.29) is 0 Å². The van der Waals surface area contributed by atoms with E-state index in [2.05, 4.69) is 17.6 Å². The van der Waals surface area contributed by atoms with E-state index in [1.165, 1.54) is 19.4 Å². The molecule has 0 radical (unpaired) electrons. The highest BCUT2D eigenvalue weighted by Gasteiger charge is 2.15. The van der Waals surface area contributed by atoms with Gasteiger partial charge in [-0.2, -0.15) is 0 Å². The third-order valence-electron chi connectivity index (χ3n) is 2.63. The molecule has 3 heteroatoms. The van der Waals surface area contributed by atoms with Gasteiger partial charge in [-0.15, -0.1) is 0 Å². The Kier molecular flexibility index (Phi) is 5.35. The standard InChI is InChI=1S/C10H22N2O/c1-3-9(8-13-2)12-10-5-4-6-11-7-10/h9-12H,3-8H2,1-2H3. The lowest BCUT2D eigenvalue weighted by Gasteiger charge is -2.28. The van der Waals surface area contributed by atoms with Crippen molar-refractivity contribution in [1.29, 1.82) is 0 Å². The minimum Gasteiger partial charge on any atom is -0.383 e. The summed E-state index contributed by atoms with van der Waals surface area (Å²) in [6, 6.07) is 1.17. The third-order valence-corrected chi connectivity index (χ3v) is 2.63. The zero-order chi connectivity index (χ0) is 9.52. The molecule has 0 aromatic rings. The highest BCUT2D eigenvalue weighted by Crippen LogP contribution is 2.03. The molecule has 2 N–H and O–H groups in total. The number of methoxy groups -OCH3 is 1. The van der Waals surface area contributed by atoms with E-state index in [4.69, 9.17) is 4.74 Å². The van der Waals surface area contributed by atoms with Gasteiger partial charge in [0.15, 0.2) is 0 Å². The van der Waals surface area contributed by atoms with Crippen LogP contribution in [0.15, 0.2) is 0 Å². The van der Waals surface area contributed by atoms with Crippen LogP contribution in [0.1, 0.15) is 26.2 Å². The van der Waals surface area contributed by atoms with E-state index in [1.54, 1.807) is 7.11 Å². The van der Waals surface area contributed by atoms with Crippen LogP contribution in [-0.2, 0) is 4.74 Å². The highest BCUT2D eigenvalue weighted by molar-refractivity contribution is 4.78. The average molecular weight is 186 g/mol. The molecule has 0 aromatic carbocycles. The average Bonchev–Trinajstić information content (AvgIpc) is 2.19. The Balaban J connectivity index is 2.18. The van der Waals surface area contributed by atoms with Crippen molar-refractivity contribution in [2.45, 2.75) is 38.3 Å². The van der Waals surface area contributed by atoms with Crippen molar-refractivity contribution >= 4 is 0 Å². The molecule has 0 aromatic heterocycles. The molecule has 1 aliphatic heterocycles. The Morgan fingerprint density at radius 1 is 1.62 bits per heavy atom. The van der Waals surface area contributed by atoms with Crippen molar-refractivity contribution in [3.05, 3.63) is 0 Å². The second kappa shape index (κ2) is 6.35. The van der Waals surface area contributed by atoms with Crippen molar-refractivity contribution in [2.75, 3.05) is 26.8 Å². The molecule has 78 valence electrons. The summed E-state index contributed by atoms with van der Waals surface area (Å²) in [5.74, 6) is 0. The van der Waals surface area contributed by atoms with Crippen LogP contribution in [0.4, 0.5) is 0 Å². The van der Waals surface area contributed by atoms with Gasteiger partial charge in [-0.25, -0.2) is 0 Å². The second-order valence-corrected chi connectivity index (χ2v) is 3.77. The molecular weight excluding hydrogens is 164 g/mol. The molecule has 1 heterocycles. The fourth-order valence-electron chi connectivity index (χ4n) is 1.81. The van der Waals surface area contributed by atoms with E-state index >= 15 is 0 Å². The predicted octanol–water partition coefficient (Wildman–Crippen LogP) is 0.753. The first kappa shape index (κ1) is 11.0. The Morgan fingerprint density at radius 3 is 3.00 bits per heavy atom. The van der Waals surface area contributed by atoms with Gasteiger partial charge in [0.2, 0.25) is 0 Å². The van der Waals surface area contributed by atoms with Crippen LogP contribution in [0.5, 0.6) is 0 Å². The lowest BCUT2D eigenvalue weighted by atomic mass is 10.1. The van der Waals surface area contributed by atoms with Crippen LogP contribution in [-0.4, -0.2) is 38.9 Å². The van der Waals surface area contributed by atoms with Crippen LogP contribution in [0.25, 0.3) is 0 Å². The molecule has 0 spiro atoms. The maximum Gasteiger partial charge on any atom is 0.0615 e. The number of piperidine rings is 1. The van der Waals surface area contributed by atoms with Gasteiger partial charge in [0.1, 0.15) is 0 Å². The Morgan fingerprint density at radius 2 is 2.46 bits per heavy atom. The minimum atomic E-state index is 0.523. The van der Waals surface area contributed by atoms with Crippen LogP contribution >= 0.6 is 0 Å². The molecule has 1 aliphatic rings. The van der Waals surface area contributed by atoms with Gasteiger partial charge < -0.3 is 15.4 Å². The number of hydrogen-bond acceptors (Lipinski definition) is 3. The Bertz CT molecular complexity index is 121. The summed E-state index contributed by atoms with van der Waals surface area (Å²) in [6.07, 6.45) is 3.73. The Hall–Kier alpha value is -0.120. The molecule has 1 rings (SSSR count). The topological polar surface area (TPSA) is 33.3 Å². The van der Waals surface area contributed by atoms with Gasteiger partial charge in [-0.05, 0) is 25.8 Å². The van der Waals surface area contributed by atoms with Crippen molar-refractivity contribution in [1.82, 2.24) is 10.6 Å². The molecule has 0 amide bonds. The zero-order valence-electron chi connectivity index (χ0n) is 8.81. The summed E-state index contributed by atoms with van der Waals surface area (Å²) in [6.45, 7) is 5.32. The predicted molar refractivity (Wildman–Crippen MR) is 55.0 cm³/mol. The zero-order valence-corrected chi connectivity index (χ0v) is 8.81. The fourth-order valence-corrected chi connectivity index (χ4v) is 1.81. The molecule has 2 unspecified atom stereocenters. The van der Waals surface area contributed by atoms with Crippen LogP contribution in [0.2, 0.25) is 0 Å². The van der Waals surface area contributed by atoms with E-state index < -0.39 is 0 Å². The lowest BCUT2D eigenvalue weighted by molar-refractivity contribution is 0.155. The monoisotopic (exact) mass is 186 g/mol. The summed E-state index contributed by atoms with van der Waals surface area (Å²) in [7, 11) is 1.77. The smallest absolute Gasteiger partial charge is 0.0615 e. The molecular formula is C10H22N2O. The summed E-state index contributed by atoms with van der Waals surface area (Å²) in [5, 5.41) is 7.02. The molecule has 13 heavy (non-hydrogen) atoms. The third kappa shape index (κ3) is 4.07. The minimum absolute atomic E-state index is 0.523. The molecule has 1 fully saturated rings. The summed E-state index contributed by atoms with van der Waals surface area (Å²) in [4.78, 5) is 0. The van der Waals surface area contributed by atoms with Crippen LogP contribution in [0, 0.1) is 0 Å². The SMILES string of the molecule is CCC(COC)NC1CCCNC1.